The zero-order chi connectivity index (χ0) is 20.2. The highest BCUT2D eigenvalue weighted by atomic mass is 35.5. The number of rotatable bonds is 2. The Bertz CT molecular complexity index is 905. The Labute approximate surface area is 166 Å². The molecule has 7 heteroatoms. The lowest BCUT2D eigenvalue weighted by atomic mass is 10.0. The molecule has 2 aromatic rings. The van der Waals surface area contributed by atoms with Crippen LogP contribution in [0.25, 0.3) is 11.6 Å². The molecule has 1 aliphatic heterocycles. The molecular weight excluding hydrogens is 392 g/mol. The smallest absolute Gasteiger partial charge is 0.293 e. The summed E-state index contributed by atoms with van der Waals surface area (Å²) >= 11 is 11.7. The fourth-order valence-electron chi connectivity index (χ4n) is 2.24. The monoisotopic (exact) mass is 409 g/mol. The Morgan fingerprint density at radius 1 is 1.07 bits per heavy atom. The van der Waals surface area contributed by atoms with Crippen molar-refractivity contribution in [2.75, 3.05) is 5.32 Å². The fourth-order valence-corrected chi connectivity index (χ4v) is 2.59. The highest BCUT2D eigenvalue weighted by Gasteiger charge is 2.24. The number of benzene rings is 2. The van der Waals surface area contributed by atoms with Crippen molar-refractivity contribution in [3.63, 3.8) is 0 Å². The van der Waals surface area contributed by atoms with Crippen molar-refractivity contribution in [2.24, 2.45) is 0 Å². The molecule has 142 valence electrons. The third-order valence-electron chi connectivity index (χ3n) is 3.42. The van der Waals surface area contributed by atoms with Gasteiger partial charge in [0.1, 0.15) is 11.4 Å². The van der Waals surface area contributed by atoms with E-state index in [4.69, 9.17) is 23.2 Å². The summed E-state index contributed by atoms with van der Waals surface area (Å²) in [6, 6.07) is 9.27. The molecule has 0 bridgehead atoms. The summed E-state index contributed by atoms with van der Waals surface area (Å²) in [6.45, 7) is 5.92. The minimum Gasteiger partial charge on any atom is -0.462 e. The number of anilines is 1. The maximum atomic E-state index is 13.7. The number of carbonyl (C=O) groups excluding carboxylic acids is 2. The van der Waals surface area contributed by atoms with Gasteiger partial charge in [-0.2, -0.15) is 0 Å². The van der Waals surface area contributed by atoms with Crippen molar-refractivity contribution in [3.05, 3.63) is 63.4 Å². The van der Waals surface area contributed by atoms with Gasteiger partial charge in [0, 0.05) is 26.7 Å². The summed E-state index contributed by atoms with van der Waals surface area (Å²) in [5.41, 5.74) is 1.65. The molecule has 1 amide bonds. The maximum Gasteiger partial charge on any atom is 0.293 e. The number of fused-ring (bicyclic) bond motifs is 1. The van der Waals surface area contributed by atoms with E-state index in [-0.39, 0.29) is 17.1 Å². The number of amides is 1. The Balaban J connectivity index is 0.000000321. The van der Waals surface area contributed by atoms with Crippen molar-refractivity contribution < 1.29 is 18.7 Å². The Hall–Kier alpha value is -2.37. The van der Waals surface area contributed by atoms with Gasteiger partial charge in [0.15, 0.2) is 0 Å². The second-order valence-electron chi connectivity index (χ2n) is 6.69. The van der Waals surface area contributed by atoms with Crippen LogP contribution in [0.2, 0.25) is 10.0 Å². The van der Waals surface area contributed by atoms with Crippen LogP contribution in [0, 0.1) is 5.82 Å². The SMILES string of the molecule is CC(C)(C)OC=O.O=C1Nc2cc(Cl)ccc2C1=Cc1cc(Cl)ccc1F. The van der Waals surface area contributed by atoms with E-state index in [0.29, 0.717) is 33.3 Å². The second-order valence-corrected chi connectivity index (χ2v) is 7.57. The molecule has 4 nitrogen and oxygen atoms in total. The van der Waals surface area contributed by atoms with Gasteiger partial charge in [-0.25, -0.2) is 4.39 Å². The van der Waals surface area contributed by atoms with E-state index in [0.717, 1.165) is 0 Å². The molecule has 0 radical (unpaired) electrons. The Kier molecular flexibility index (Phi) is 6.63. The van der Waals surface area contributed by atoms with E-state index < -0.39 is 5.82 Å². The topological polar surface area (TPSA) is 55.4 Å². The lowest BCUT2D eigenvalue weighted by molar-refractivity contribution is -0.138. The van der Waals surface area contributed by atoms with E-state index in [1.165, 1.54) is 24.3 Å². The van der Waals surface area contributed by atoms with Crippen molar-refractivity contribution in [3.8, 4) is 0 Å². The number of nitrogens with one attached hydrogen (secondary N) is 1. The van der Waals surface area contributed by atoms with Crippen LogP contribution in [0.3, 0.4) is 0 Å². The minimum atomic E-state index is -0.433. The van der Waals surface area contributed by atoms with Crippen LogP contribution in [-0.2, 0) is 14.3 Å². The first-order chi connectivity index (χ1) is 12.6. The first-order valence-corrected chi connectivity index (χ1v) is 8.76. The van der Waals surface area contributed by atoms with Gasteiger partial charge in [-0.15, -0.1) is 0 Å². The van der Waals surface area contributed by atoms with Crippen molar-refractivity contribution in [1.82, 2.24) is 0 Å². The summed E-state index contributed by atoms with van der Waals surface area (Å²) < 4.78 is 18.3. The van der Waals surface area contributed by atoms with E-state index in [1.54, 1.807) is 18.2 Å². The van der Waals surface area contributed by atoms with Crippen LogP contribution in [0.5, 0.6) is 0 Å². The van der Waals surface area contributed by atoms with E-state index >= 15 is 0 Å². The molecule has 0 saturated carbocycles. The average molecular weight is 410 g/mol. The van der Waals surface area contributed by atoms with Crippen molar-refractivity contribution >= 4 is 52.9 Å². The summed E-state index contributed by atoms with van der Waals surface area (Å²) in [5, 5.41) is 3.63. The van der Waals surface area contributed by atoms with E-state index in [2.05, 4.69) is 10.1 Å². The number of carbonyl (C=O) groups is 2. The highest BCUT2D eigenvalue weighted by Crippen LogP contribution is 2.35. The molecule has 0 atom stereocenters. The Morgan fingerprint density at radius 2 is 1.70 bits per heavy atom. The first kappa shape index (κ1) is 20.9. The van der Waals surface area contributed by atoms with Crippen molar-refractivity contribution in [2.45, 2.75) is 26.4 Å². The second kappa shape index (κ2) is 8.55. The third kappa shape index (κ3) is 5.81. The molecule has 27 heavy (non-hydrogen) atoms. The molecule has 3 rings (SSSR count). The van der Waals surface area contributed by atoms with E-state index in [9.17, 15) is 14.0 Å². The zero-order valence-electron chi connectivity index (χ0n) is 15.0. The molecule has 2 aromatic carbocycles. The highest BCUT2D eigenvalue weighted by molar-refractivity contribution is 6.36. The van der Waals surface area contributed by atoms with Gasteiger partial charge >= 0.3 is 0 Å². The standard InChI is InChI=1S/C15H8Cl2FNO.C5H10O2/c16-9-2-4-13(18)8(5-9)6-12-11-3-1-10(17)7-14(11)19-15(12)20;1-5(2,3)7-4-6/h1-7H,(H,19,20);4H,1-3H3. The van der Waals surface area contributed by atoms with Crippen LogP contribution in [0.1, 0.15) is 31.9 Å². The van der Waals surface area contributed by atoms with Crippen LogP contribution >= 0.6 is 23.2 Å². The molecule has 1 heterocycles. The van der Waals surface area contributed by atoms with Gasteiger partial charge in [-0.3, -0.25) is 9.59 Å². The molecule has 0 unspecified atom stereocenters. The number of ether oxygens (including phenoxy) is 1. The number of halogens is 3. The third-order valence-corrected chi connectivity index (χ3v) is 3.89. The molecule has 0 aliphatic carbocycles. The first-order valence-electron chi connectivity index (χ1n) is 8.00. The van der Waals surface area contributed by atoms with Gasteiger partial charge in [-0.05, 0) is 57.2 Å². The summed E-state index contributed by atoms with van der Waals surface area (Å²) in [5.74, 6) is -0.723. The molecule has 0 spiro atoms. The van der Waals surface area contributed by atoms with Gasteiger partial charge in [0.25, 0.3) is 12.4 Å². The molecule has 0 saturated heterocycles. The van der Waals surface area contributed by atoms with E-state index in [1.807, 2.05) is 20.8 Å². The predicted octanol–water partition coefficient (Wildman–Crippen LogP) is 5.58. The normalized spacial score (nSPS) is 14.1. The van der Waals surface area contributed by atoms with Crippen LogP contribution in [-0.4, -0.2) is 18.0 Å². The van der Waals surface area contributed by atoms with Gasteiger partial charge in [0.05, 0.1) is 5.69 Å². The summed E-state index contributed by atoms with van der Waals surface area (Å²) in [6.07, 6.45) is 1.48. The van der Waals surface area contributed by atoms with Gasteiger partial charge < -0.3 is 10.1 Å². The van der Waals surface area contributed by atoms with Crippen LogP contribution < -0.4 is 5.32 Å². The number of hydrogen-bond acceptors (Lipinski definition) is 3. The zero-order valence-corrected chi connectivity index (χ0v) is 16.5. The fraction of sp³-hybridized carbons (Fsp3) is 0.200. The largest absolute Gasteiger partial charge is 0.462 e. The minimum absolute atomic E-state index is 0.269. The number of hydrogen-bond donors (Lipinski definition) is 1. The van der Waals surface area contributed by atoms with Crippen LogP contribution in [0.4, 0.5) is 10.1 Å². The lowest BCUT2D eigenvalue weighted by Crippen LogP contribution is -2.17. The van der Waals surface area contributed by atoms with Crippen molar-refractivity contribution in [1.29, 1.82) is 0 Å². The lowest BCUT2D eigenvalue weighted by Gasteiger charge is -2.14. The Morgan fingerprint density at radius 3 is 2.30 bits per heavy atom. The van der Waals surface area contributed by atoms with Gasteiger partial charge in [0.2, 0.25) is 0 Å². The predicted molar refractivity (Wildman–Crippen MR) is 106 cm³/mol. The molecule has 0 aromatic heterocycles. The van der Waals surface area contributed by atoms with Gasteiger partial charge in [-0.1, -0.05) is 29.3 Å². The quantitative estimate of drug-likeness (QED) is 0.519. The molecule has 0 fully saturated rings. The molecule has 1 N–H and O–H groups in total. The summed E-state index contributed by atoms with van der Waals surface area (Å²) in [7, 11) is 0. The summed E-state index contributed by atoms with van der Waals surface area (Å²) in [4.78, 5) is 21.6. The molecular formula is C20H18Cl2FNO3. The molecule has 1 aliphatic rings. The average Bonchev–Trinajstić information content (AvgIpc) is 2.85. The maximum absolute atomic E-state index is 13.7. The van der Waals surface area contributed by atoms with Crippen LogP contribution in [0.15, 0.2) is 36.4 Å².